The first-order valence-corrected chi connectivity index (χ1v) is 7.60. The van der Waals surface area contributed by atoms with E-state index >= 15 is 0 Å². The highest BCUT2D eigenvalue weighted by atomic mass is 19.1. The summed E-state index contributed by atoms with van der Waals surface area (Å²) >= 11 is 0. The molecular weight excluding hydrogens is 293 g/mol. The highest BCUT2D eigenvalue weighted by Gasteiger charge is 2.07. The summed E-state index contributed by atoms with van der Waals surface area (Å²) in [7, 11) is 1.91. The van der Waals surface area contributed by atoms with E-state index in [2.05, 4.69) is 10.3 Å². The van der Waals surface area contributed by atoms with Crippen LogP contribution in [-0.4, -0.2) is 29.6 Å². The SMILES string of the molecule is CCNC(=NCc1cccc(O)c1)N(C)Cc1cccc(F)c1. The molecule has 5 heteroatoms. The van der Waals surface area contributed by atoms with Crippen LogP contribution in [0.15, 0.2) is 53.5 Å². The lowest BCUT2D eigenvalue weighted by molar-refractivity contribution is 0.472. The number of guanidine groups is 1. The van der Waals surface area contributed by atoms with Crippen LogP contribution in [0.3, 0.4) is 0 Å². The Bertz CT molecular complexity index is 673. The summed E-state index contributed by atoms with van der Waals surface area (Å²) in [5.41, 5.74) is 1.81. The van der Waals surface area contributed by atoms with Gasteiger partial charge in [-0.25, -0.2) is 9.38 Å². The predicted octanol–water partition coefficient (Wildman–Crippen LogP) is 3.13. The lowest BCUT2D eigenvalue weighted by Gasteiger charge is -2.22. The highest BCUT2D eigenvalue weighted by Crippen LogP contribution is 2.12. The maximum Gasteiger partial charge on any atom is 0.194 e. The molecule has 0 heterocycles. The van der Waals surface area contributed by atoms with Crippen molar-refractivity contribution in [1.29, 1.82) is 0 Å². The van der Waals surface area contributed by atoms with Gasteiger partial charge in [-0.1, -0.05) is 24.3 Å². The minimum Gasteiger partial charge on any atom is -0.508 e. The average Bonchev–Trinajstić information content (AvgIpc) is 2.51. The van der Waals surface area contributed by atoms with Crippen molar-refractivity contribution in [3.8, 4) is 5.75 Å². The number of hydrogen-bond donors (Lipinski definition) is 2. The number of phenolic OH excluding ortho intramolecular Hbond substituents is 1. The Morgan fingerprint density at radius 2 is 1.91 bits per heavy atom. The zero-order valence-corrected chi connectivity index (χ0v) is 13.5. The molecule has 0 spiro atoms. The second-order valence-corrected chi connectivity index (χ2v) is 5.33. The standard InChI is InChI=1S/C18H22FN3O/c1-3-20-18(21-12-14-6-5-9-17(23)11-14)22(2)13-15-7-4-8-16(19)10-15/h4-11,23H,3,12-13H2,1-2H3,(H,20,21). The zero-order valence-electron chi connectivity index (χ0n) is 13.5. The van der Waals surface area contributed by atoms with E-state index in [-0.39, 0.29) is 11.6 Å². The van der Waals surface area contributed by atoms with Crippen molar-refractivity contribution >= 4 is 5.96 Å². The van der Waals surface area contributed by atoms with Crippen molar-refractivity contribution in [1.82, 2.24) is 10.2 Å². The van der Waals surface area contributed by atoms with Crippen molar-refractivity contribution in [3.63, 3.8) is 0 Å². The van der Waals surface area contributed by atoms with E-state index in [1.807, 2.05) is 31.0 Å². The molecule has 0 saturated heterocycles. The summed E-state index contributed by atoms with van der Waals surface area (Å²) < 4.78 is 13.3. The Balaban J connectivity index is 2.08. The molecular formula is C18H22FN3O. The van der Waals surface area contributed by atoms with Crippen LogP contribution in [0.4, 0.5) is 4.39 Å². The average molecular weight is 315 g/mol. The first-order valence-electron chi connectivity index (χ1n) is 7.60. The molecule has 2 rings (SSSR count). The van der Waals surface area contributed by atoms with E-state index in [4.69, 9.17) is 0 Å². The zero-order chi connectivity index (χ0) is 16.7. The van der Waals surface area contributed by atoms with E-state index < -0.39 is 0 Å². The van der Waals surface area contributed by atoms with Crippen LogP contribution in [0.2, 0.25) is 0 Å². The Labute approximate surface area is 136 Å². The molecule has 0 radical (unpaired) electrons. The molecule has 0 aliphatic carbocycles. The molecule has 0 aliphatic heterocycles. The summed E-state index contributed by atoms with van der Waals surface area (Å²) in [5, 5.41) is 12.7. The maximum atomic E-state index is 13.3. The van der Waals surface area contributed by atoms with Gasteiger partial charge in [-0.3, -0.25) is 0 Å². The van der Waals surface area contributed by atoms with Gasteiger partial charge >= 0.3 is 0 Å². The Morgan fingerprint density at radius 3 is 2.61 bits per heavy atom. The van der Waals surface area contributed by atoms with E-state index in [9.17, 15) is 9.50 Å². The van der Waals surface area contributed by atoms with Gasteiger partial charge < -0.3 is 15.3 Å². The van der Waals surface area contributed by atoms with Crippen molar-refractivity contribution in [2.45, 2.75) is 20.0 Å². The Morgan fingerprint density at radius 1 is 1.17 bits per heavy atom. The van der Waals surface area contributed by atoms with Gasteiger partial charge in [-0.2, -0.15) is 0 Å². The van der Waals surface area contributed by atoms with E-state index in [0.29, 0.717) is 13.1 Å². The number of benzene rings is 2. The lowest BCUT2D eigenvalue weighted by atomic mass is 10.2. The number of nitrogens with one attached hydrogen (secondary N) is 1. The molecule has 2 aromatic carbocycles. The number of phenols is 1. The number of hydrogen-bond acceptors (Lipinski definition) is 2. The first kappa shape index (κ1) is 16.8. The van der Waals surface area contributed by atoms with Crippen molar-refractivity contribution < 1.29 is 9.50 Å². The summed E-state index contributed by atoms with van der Waals surface area (Å²) in [4.78, 5) is 6.52. The molecule has 2 aromatic rings. The first-order chi connectivity index (χ1) is 11.1. The van der Waals surface area contributed by atoms with Gasteiger partial charge in [0.1, 0.15) is 11.6 Å². The van der Waals surface area contributed by atoms with E-state index in [1.54, 1.807) is 24.3 Å². The number of halogens is 1. The molecule has 0 amide bonds. The summed E-state index contributed by atoms with van der Waals surface area (Å²) in [6.07, 6.45) is 0. The molecule has 0 unspecified atom stereocenters. The molecule has 0 bridgehead atoms. The van der Waals surface area contributed by atoms with Gasteiger partial charge in [0, 0.05) is 20.1 Å². The van der Waals surface area contributed by atoms with Gasteiger partial charge in [0.05, 0.1) is 6.54 Å². The number of rotatable bonds is 5. The quantitative estimate of drug-likeness (QED) is 0.658. The summed E-state index contributed by atoms with van der Waals surface area (Å²) in [5.74, 6) is 0.730. The predicted molar refractivity (Wildman–Crippen MR) is 90.8 cm³/mol. The maximum absolute atomic E-state index is 13.3. The highest BCUT2D eigenvalue weighted by molar-refractivity contribution is 5.79. The van der Waals surface area contributed by atoms with Crippen LogP contribution in [0.5, 0.6) is 5.75 Å². The van der Waals surface area contributed by atoms with Gasteiger partial charge in [-0.15, -0.1) is 0 Å². The molecule has 4 nitrogen and oxygen atoms in total. The van der Waals surface area contributed by atoms with Crippen LogP contribution in [-0.2, 0) is 13.1 Å². The molecule has 0 aliphatic rings. The van der Waals surface area contributed by atoms with Gasteiger partial charge in [0.25, 0.3) is 0 Å². The Kier molecular flexibility index (Phi) is 5.97. The Hall–Kier alpha value is -2.56. The number of aliphatic imine (C=N–C) groups is 1. The van der Waals surface area contributed by atoms with E-state index in [0.717, 1.165) is 23.6 Å². The number of aromatic hydroxyl groups is 1. The minimum absolute atomic E-state index is 0.232. The molecule has 2 N–H and O–H groups in total. The smallest absolute Gasteiger partial charge is 0.194 e. The van der Waals surface area contributed by atoms with Gasteiger partial charge in [0.2, 0.25) is 0 Å². The molecule has 0 aromatic heterocycles. The molecule has 0 saturated carbocycles. The topological polar surface area (TPSA) is 47.9 Å². The lowest BCUT2D eigenvalue weighted by Crippen LogP contribution is -2.38. The van der Waals surface area contributed by atoms with Crippen molar-refractivity contribution in [3.05, 3.63) is 65.5 Å². The van der Waals surface area contributed by atoms with E-state index in [1.165, 1.54) is 12.1 Å². The molecule has 122 valence electrons. The number of nitrogens with zero attached hydrogens (tertiary/aromatic N) is 2. The van der Waals surface area contributed by atoms with Gasteiger partial charge in [-0.05, 0) is 42.3 Å². The summed E-state index contributed by atoms with van der Waals surface area (Å²) in [6, 6.07) is 13.6. The van der Waals surface area contributed by atoms with Crippen LogP contribution < -0.4 is 5.32 Å². The third-order valence-corrected chi connectivity index (χ3v) is 3.33. The largest absolute Gasteiger partial charge is 0.508 e. The second kappa shape index (κ2) is 8.17. The molecule has 23 heavy (non-hydrogen) atoms. The molecule has 0 atom stereocenters. The third-order valence-electron chi connectivity index (χ3n) is 3.33. The minimum atomic E-state index is -0.238. The van der Waals surface area contributed by atoms with Crippen LogP contribution in [0.1, 0.15) is 18.1 Å². The second-order valence-electron chi connectivity index (χ2n) is 5.33. The third kappa shape index (κ3) is 5.29. The fourth-order valence-corrected chi connectivity index (χ4v) is 2.27. The normalized spacial score (nSPS) is 11.3. The van der Waals surface area contributed by atoms with Crippen molar-refractivity contribution in [2.24, 2.45) is 4.99 Å². The fourth-order valence-electron chi connectivity index (χ4n) is 2.27. The van der Waals surface area contributed by atoms with Gasteiger partial charge in [0.15, 0.2) is 5.96 Å². The van der Waals surface area contributed by atoms with Crippen LogP contribution in [0.25, 0.3) is 0 Å². The fraction of sp³-hybridized carbons (Fsp3) is 0.278. The van der Waals surface area contributed by atoms with Crippen LogP contribution in [0, 0.1) is 5.82 Å². The van der Waals surface area contributed by atoms with Crippen molar-refractivity contribution in [2.75, 3.05) is 13.6 Å². The summed E-state index contributed by atoms with van der Waals surface area (Å²) in [6.45, 7) is 3.76. The molecule has 0 fully saturated rings. The van der Waals surface area contributed by atoms with Crippen LogP contribution >= 0.6 is 0 Å². The monoisotopic (exact) mass is 315 g/mol.